The number of hydrogen-bond donors (Lipinski definition) is 1. The van der Waals surface area contributed by atoms with Crippen molar-refractivity contribution in [1.82, 2.24) is 0 Å². The Bertz CT molecular complexity index is 378. The predicted octanol–water partition coefficient (Wildman–Crippen LogP) is 4.24. The van der Waals surface area contributed by atoms with Gasteiger partial charge in [0.05, 0.1) is 27.4 Å². The highest BCUT2D eigenvalue weighted by Crippen LogP contribution is 2.33. The van der Waals surface area contributed by atoms with Crippen molar-refractivity contribution in [1.29, 1.82) is 0 Å². The van der Waals surface area contributed by atoms with Crippen LogP contribution in [0.25, 0.3) is 0 Å². The van der Waals surface area contributed by atoms with Gasteiger partial charge in [-0.2, -0.15) is 0 Å². The van der Waals surface area contributed by atoms with Crippen molar-refractivity contribution >= 4 is 40.5 Å². The molecule has 88 valence electrons. The van der Waals surface area contributed by atoms with Gasteiger partial charge in [-0.25, -0.2) is 0 Å². The summed E-state index contributed by atoms with van der Waals surface area (Å²) in [5.74, 6) is 0. The zero-order valence-electron chi connectivity index (χ0n) is 8.60. The molecule has 0 saturated carbocycles. The Hall–Kier alpha value is -0.150. The summed E-state index contributed by atoms with van der Waals surface area (Å²) >= 11 is 17.9. The summed E-state index contributed by atoms with van der Waals surface area (Å²) in [5.41, 5.74) is 0.812. The van der Waals surface area contributed by atoms with E-state index in [0.29, 0.717) is 27.7 Å². The van der Waals surface area contributed by atoms with Crippen molar-refractivity contribution in [3.05, 3.63) is 27.2 Å². The summed E-state index contributed by atoms with van der Waals surface area (Å²) in [6.07, 6.45) is 2.15. The molecule has 5 heteroatoms. The molecule has 16 heavy (non-hydrogen) atoms. The minimum absolute atomic E-state index is 0.295. The van der Waals surface area contributed by atoms with Crippen LogP contribution in [0.15, 0.2) is 12.1 Å². The molecule has 0 spiro atoms. The van der Waals surface area contributed by atoms with E-state index in [4.69, 9.17) is 39.5 Å². The number of anilines is 1. The van der Waals surface area contributed by atoms with E-state index in [0.717, 1.165) is 25.1 Å². The monoisotopic (exact) mass is 279 g/mol. The maximum absolute atomic E-state index is 6.07. The van der Waals surface area contributed by atoms with Gasteiger partial charge in [0.15, 0.2) is 0 Å². The number of nitrogens with one attached hydrogen (secondary N) is 1. The van der Waals surface area contributed by atoms with Crippen LogP contribution in [-0.2, 0) is 4.74 Å². The van der Waals surface area contributed by atoms with Crippen LogP contribution in [0.3, 0.4) is 0 Å². The normalized spacial score (nSPS) is 20.8. The minimum Gasteiger partial charge on any atom is -0.379 e. The lowest BCUT2D eigenvalue weighted by Crippen LogP contribution is -2.30. The van der Waals surface area contributed by atoms with E-state index in [2.05, 4.69) is 5.32 Å². The van der Waals surface area contributed by atoms with Crippen LogP contribution in [0.5, 0.6) is 0 Å². The van der Waals surface area contributed by atoms with Crippen LogP contribution in [0.4, 0.5) is 5.69 Å². The smallest absolute Gasteiger partial charge is 0.0667 e. The minimum atomic E-state index is 0.295. The maximum atomic E-state index is 6.07. The molecule has 1 aliphatic heterocycles. The van der Waals surface area contributed by atoms with Gasteiger partial charge in [-0.15, -0.1) is 0 Å². The first-order valence-electron chi connectivity index (χ1n) is 5.15. The van der Waals surface area contributed by atoms with E-state index in [1.165, 1.54) is 0 Å². The molecule has 0 radical (unpaired) electrons. The van der Waals surface area contributed by atoms with Crippen LogP contribution in [0.1, 0.15) is 12.8 Å². The third kappa shape index (κ3) is 2.95. The third-order valence-corrected chi connectivity index (χ3v) is 3.56. The molecule has 0 aliphatic carbocycles. The Morgan fingerprint density at radius 2 is 1.88 bits per heavy atom. The Labute approximate surface area is 110 Å². The standard InChI is InChI=1S/C11H12Cl3NO/c12-8-4-10(14)11(5-9(8)13)15-7-2-1-3-16-6-7/h4-5,7,15H,1-3,6H2. The van der Waals surface area contributed by atoms with Gasteiger partial charge in [0, 0.05) is 12.6 Å². The summed E-state index contributed by atoms with van der Waals surface area (Å²) in [5, 5.41) is 4.87. The number of hydrogen-bond acceptors (Lipinski definition) is 2. The average molecular weight is 281 g/mol. The van der Waals surface area contributed by atoms with Crippen LogP contribution in [-0.4, -0.2) is 19.3 Å². The van der Waals surface area contributed by atoms with Gasteiger partial charge in [-0.05, 0) is 25.0 Å². The fourth-order valence-corrected chi connectivity index (χ4v) is 2.31. The van der Waals surface area contributed by atoms with E-state index in [1.54, 1.807) is 12.1 Å². The van der Waals surface area contributed by atoms with Crippen LogP contribution in [0.2, 0.25) is 15.1 Å². The van der Waals surface area contributed by atoms with Gasteiger partial charge >= 0.3 is 0 Å². The fraction of sp³-hybridized carbons (Fsp3) is 0.455. The van der Waals surface area contributed by atoms with Gasteiger partial charge in [-0.1, -0.05) is 34.8 Å². The lowest BCUT2D eigenvalue weighted by molar-refractivity contribution is 0.0876. The first kappa shape index (κ1) is 12.3. The second-order valence-electron chi connectivity index (χ2n) is 3.80. The molecule has 1 heterocycles. The van der Waals surface area contributed by atoms with E-state index < -0.39 is 0 Å². The molecule has 1 atom stereocenters. The number of ether oxygens (including phenoxy) is 1. The molecule has 1 saturated heterocycles. The highest BCUT2D eigenvalue weighted by molar-refractivity contribution is 6.44. The van der Waals surface area contributed by atoms with E-state index in [1.807, 2.05) is 0 Å². The first-order valence-corrected chi connectivity index (χ1v) is 6.29. The molecule has 1 aliphatic rings. The van der Waals surface area contributed by atoms with Gasteiger partial charge in [0.1, 0.15) is 0 Å². The molecule has 0 aromatic heterocycles. The first-order chi connectivity index (χ1) is 7.66. The highest BCUT2D eigenvalue weighted by atomic mass is 35.5. The SMILES string of the molecule is Clc1cc(Cl)c(NC2CCCOC2)cc1Cl. The highest BCUT2D eigenvalue weighted by Gasteiger charge is 2.15. The van der Waals surface area contributed by atoms with Crippen molar-refractivity contribution in [2.45, 2.75) is 18.9 Å². The fourth-order valence-electron chi connectivity index (χ4n) is 1.71. The lowest BCUT2D eigenvalue weighted by atomic mass is 10.1. The lowest BCUT2D eigenvalue weighted by Gasteiger charge is -2.24. The molecular formula is C11H12Cl3NO. The van der Waals surface area contributed by atoms with E-state index in [-0.39, 0.29) is 0 Å². The Morgan fingerprint density at radius 3 is 2.56 bits per heavy atom. The molecule has 2 rings (SSSR count). The third-order valence-electron chi connectivity index (χ3n) is 2.53. The van der Waals surface area contributed by atoms with Gasteiger partial charge in [0.2, 0.25) is 0 Å². The van der Waals surface area contributed by atoms with Crippen molar-refractivity contribution in [2.75, 3.05) is 18.5 Å². The second-order valence-corrected chi connectivity index (χ2v) is 5.03. The number of halogens is 3. The molecule has 2 nitrogen and oxygen atoms in total. The van der Waals surface area contributed by atoms with Crippen LogP contribution in [0, 0.1) is 0 Å². The zero-order valence-corrected chi connectivity index (χ0v) is 10.9. The topological polar surface area (TPSA) is 21.3 Å². The Kier molecular flexibility index (Phi) is 4.20. The Morgan fingerprint density at radius 1 is 1.12 bits per heavy atom. The predicted molar refractivity (Wildman–Crippen MR) is 68.9 cm³/mol. The van der Waals surface area contributed by atoms with Crippen molar-refractivity contribution in [2.24, 2.45) is 0 Å². The molecule has 1 aromatic carbocycles. The van der Waals surface area contributed by atoms with Gasteiger partial charge in [0.25, 0.3) is 0 Å². The summed E-state index contributed by atoms with van der Waals surface area (Å²) in [6.45, 7) is 1.55. The van der Waals surface area contributed by atoms with E-state index >= 15 is 0 Å². The number of benzene rings is 1. The largest absolute Gasteiger partial charge is 0.379 e. The molecule has 1 aromatic rings. The molecule has 1 N–H and O–H groups in total. The van der Waals surface area contributed by atoms with Gasteiger partial charge in [-0.3, -0.25) is 0 Å². The zero-order chi connectivity index (χ0) is 11.5. The molecule has 0 amide bonds. The van der Waals surface area contributed by atoms with Crippen molar-refractivity contribution < 1.29 is 4.74 Å². The maximum Gasteiger partial charge on any atom is 0.0667 e. The molecule has 0 bridgehead atoms. The summed E-state index contributed by atoms with van der Waals surface area (Å²) < 4.78 is 5.38. The molecule has 1 unspecified atom stereocenters. The van der Waals surface area contributed by atoms with Gasteiger partial charge < -0.3 is 10.1 Å². The molecule has 1 fully saturated rings. The number of rotatable bonds is 2. The van der Waals surface area contributed by atoms with Crippen LogP contribution >= 0.6 is 34.8 Å². The van der Waals surface area contributed by atoms with Crippen molar-refractivity contribution in [3.63, 3.8) is 0 Å². The second kappa shape index (κ2) is 5.46. The van der Waals surface area contributed by atoms with Crippen molar-refractivity contribution in [3.8, 4) is 0 Å². The average Bonchev–Trinajstić information content (AvgIpc) is 2.27. The summed E-state index contributed by atoms with van der Waals surface area (Å²) in [7, 11) is 0. The summed E-state index contributed by atoms with van der Waals surface area (Å²) in [6, 6.07) is 3.70. The quantitative estimate of drug-likeness (QED) is 0.818. The Balaban J connectivity index is 2.11. The van der Waals surface area contributed by atoms with Crippen LogP contribution < -0.4 is 5.32 Å². The summed E-state index contributed by atoms with van der Waals surface area (Å²) in [4.78, 5) is 0. The molecular weight excluding hydrogens is 268 g/mol. The van der Waals surface area contributed by atoms with E-state index in [9.17, 15) is 0 Å².